The van der Waals surface area contributed by atoms with Crippen molar-refractivity contribution >= 4 is 0 Å². The summed E-state index contributed by atoms with van der Waals surface area (Å²) >= 11 is 0. The highest BCUT2D eigenvalue weighted by molar-refractivity contribution is 5.38. The summed E-state index contributed by atoms with van der Waals surface area (Å²) in [6.45, 7) is 0. The van der Waals surface area contributed by atoms with Gasteiger partial charge in [-0.3, -0.25) is 0 Å². The third kappa shape index (κ3) is 2.24. The lowest BCUT2D eigenvalue weighted by Crippen LogP contribution is -2.10. The molecule has 1 aromatic rings. The van der Waals surface area contributed by atoms with Crippen molar-refractivity contribution in [2.75, 3.05) is 0 Å². The van der Waals surface area contributed by atoms with Crippen LogP contribution in [0, 0.1) is 11.3 Å². The van der Waals surface area contributed by atoms with Crippen LogP contribution in [0.1, 0.15) is 24.1 Å². The number of rotatable bonds is 2. The minimum Gasteiger partial charge on any atom is -0.488 e. The van der Waals surface area contributed by atoms with Crippen LogP contribution in [-0.2, 0) is 6.18 Å². The van der Waals surface area contributed by atoms with E-state index in [4.69, 9.17) is 10.00 Å². The monoisotopic (exact) mass is 228 g/mol. The smallest absolute Gasteiger partial charge is 0.420 e. The van der Waals surface area contributed by atoms with Gasteiger partial charge < -0.3 is 4.74 Å². The molecular formula is C10H7F3N2O. The molecule has 1 saturated carbocycles. The SMILES string of the molecule is N#Cc1cc(C(F)(F)F)c(OC2CC2)cn1. The molecule has 1 aliphatic carbocycles. The van der Waals surface area contributed by atoms with Crippen molar-refractivity contribution in [2.24, 2.45) is 0 Å². The molecule has 6 heteroatoms. The normalized spacial score (nSPS) is 15.6. The van der Waals surface area contributed by atoms with E-state index in [1.54, 1.807) is 6.07 Å². The van der Waals surface area contributed by atoms with Gasteiger partial charge in [-0.05, 0) is 18.9 Å². The summed E-state index contributed by atoms with van der Waals surface area (Å²) in [5.41, 5.74) is -1.21. The lowest BCUT2D eigenvalue weighted by atomic mass is 10.2. The molecule has 0 saturated heterocycles. The number of hydrogen-bond acceptors (Lipinski definition) is 3. The van der Waals surface area contributed by atoms with E-state index in [1.807, 2.05) is 0 Å². The Balaban J connectivity index is 2.38. The fourth-order valence-corrected chi connectivity index (χ4v) is 1.18. The maximum atomic E-state index is 12.6. The van der Waals surface area contributed by atoms with E-state index < -0.39 is 11.7 Å². The Morgan fingerprint density at radius 1 is 1.44 bits per heavy atom. The molecule has 16 heavy (non-hydrogen) atoms. The van der Waals surface area contributed by atoms with Gasteiger partial charge in [-0.2, -0.15) is 18.4 Å². The van der Waals surface area contributed by atoms with Gasteiger partial charge >= 0.3 is 6.18 Å². The fourth-order valence-electron chi connectivity index (χ4n) is 1.18. The molecule has 0 aromatic carbocycles. The van der Waals surface area contributed by atoms with E-state index in [0.29, 0.717) is 6.07 Å². The first-order chi connectivity index (χ1) is 7.50. The number of pyridine rings is 1. The van der Waals surface area contributed by atoms with Crippen LogP contribution in [0.5, 0.6) is 5.75 Å². The number of alkyl halides is 3. The Morgan fingerprint density at radius 3 is 2.62 bits per heavy atom. The van der Waals surface area contributed by atoms with Crippen LogP contribution in [0.25, 0.3) is 0 Å². The molecule has 0 atom stereocenters. The summed E-state index contributed by atoms with van der Waals surface area (Å²) < 4.78 is 42.9. The third-order valence-electron chi connectivity index (χ3n) is 2.11. The van der Waals surface area contributed by atoms with Gasteiger partial charge in [0, 0.05) is 0 Å². The molecule has 3 nitrogen and oxygen atoms in total. The molecule has 0 spiro atoms. The topological polar surface area (TPSA) is 45.9 Å². The molecule has 0 amide bonds. The highest BCUT2D eigenvalue weighted by Crippen LogP contribution is 2.38. The van der Waals surface area contributed by atoms with Gasteiger partial charge in [0.1, 0.15) is 23.1 Å². The van der Waals surface area contributed by atoms with Crippen LogP contribution >= 0.6 is 0 Å². The Morgan fingerprint density at radius 2 is 2.12 bits per heavy atom. The number of aromatic nitrogens is 1. The number of hydrogen-bond donors (Lipinski definition) is 0. The largest absolute Gasteiger partial charge is 0.488 e. The standard InChI is InChI=1S/C10H7F3N2O/c11-10(12,13)8-3-6(4-14)15-5-9(8)16-7-1-2-7/h3,5,7H,1-2H2. The summed E-state index contributed by atoms with van der Waals surface area (Å²) in [7, 11) is 0. The quantitative estimate of drug-likeness (QED) is 0.781. The third-order valence-corrected chi connectivity index (χ3v) is 2.11. The van der Waals surface area contributed by atoms with Crippen molar-refractivity contribution in [3.05, 3.63) is 23.5 Å². The number of nitrogens with zero attached hydrogens (tertiary/aromatic N) is 2. The van der Waals surface area contributed by atoms with Crippen molar-refractivity contribution in [1.29, 1.82) is 5.26 Å². The van der Waals surface area contributed by atoms with E-state index >= 15 is 0 Å². The lowest BCUT2D eigenvalue weighted by Gasteiger charge is -2.12. The second-order valence-corrected chi connectivity index (χ2v) is 3.49. The minimum atomic E-state index is -4.53. The molecule has 1 aromatic heterocycles. The van der Waals surface area contributed by atoms with Gasteiger partial charge in [-0.1, -0.05) is 0 Å². The average Bonchev–Trinajstić information content (AvgIpc) is 3.01. The fraction of sp³-hybridized carbons (Fsp3) is 0.400. The van der Waals surface area contributed by atoms with Crippen molar-refractivity contribution < 1.29 is 17.9 Å². The lowest BCUT2D eigenvalue weighted by molar-refractivity contribution is -0.139. The zero-order chi connectivity index (χ0) is 11.8. The first-order valence-electron chi connectivity index (χ1n) is 4.64. The Bertz CT molecular complexity index is 446. The molecular weight excluding hydrogens is 221 g/mol. The molecule has 1 heterocycles. The van der Waals surface area contributed by atoms with Crippen molar-refractivity contribution in [1.82, 2.24) is 4.98 Å². The molecule has 0 bridgehead atoms. The molecule has 0 unspecified atom stereocenters. The second-order valence-electron chi connectivity index (χ2n) is 3.49. The predicted octanol–water partition coefficient (Wildman–Crippen LogP) is 2.51. The van der Waals surface area contributed by atoms with E-state index in [0.717, 1.165) is 19.0 Å². The van der Waals surface area contributed by atoms with Crippen molar-refractivity contribution in [3.8, 4) is 11.8 Å². The number of halogens is 3. The van der Waals surface area contributed by atoms with Crippen LogP contribution in [0.3, 0.4) is 0 Å². The maximum absolute atomic E-state index is 12.6. The van der Waals surface area contributed by atoms with E-state index in [9.17, 15) is 13.2 Å². The second kappa shape index (κ2) is 3.67. The minimum absolute atomic E-state index is 0.143. The first-order valence-corrected chi connectivity index (χ1v) is 4.64. The molecule has 2 rings (SSSR count). The van der Waals surface area contributed by atoms with Crippen LogP contribution in [0.15, 0.2) is 12.3 Å². The van der Waals surface area contributed by atoms with Gasteiger partial charge in [-0.25, -0.2) is 4.98 Å². The van der Waals surface area contributed by atoms with Crippen molar-refractivity contribution in [3.63, 3.8) is 0 Å². The summed E-state index contributed by atoms with van der Waals surface area (Å²) in [6, 6.07) is 2.28. The van der Waals surface area contributed by atoms with Gasteiger partial charge in [-0.15, -0.1) is 0 Å². The van der Waals surface area contributed by atoms with Gasteiger partial charge in [0.25, 0.3) is 0 Å². The molecule has 0 radical (unpaired) electrons. The van der Waals surface area contributed by atoms with Gasteiger partial charge in [0.2, 0.25) is 0 Å². The summed E-state index contributed by atoms with van der Waals surface area (Å²) in [5, 5.41) is 8.49. The van der Waals surface area contributed by atoms with Crippen LogP contribution in [-0.4, -0.2) is 11.1 Å². The molecule has 1 aliphatic rings. The van der Waals surface area contributed by atoms with Crippen LogP contribution < -0.4 is 4.74 Å². The van der Waals surface area contributed by atoms with E-state index in [2.05, 4.69) is 4.98 Å². The predicted molar refractivity (Wildman–Crippen MR) is 47.6 cm³/mol. The van der Waals surface area contributed by atoms with Crippen LogP contribution in [0.2, 0.25) is 0 Å². The first kappa shape index (κ1) is 10.7. The van der Waals surface area contributed by atoms with E-state index in [1.165, 1.54) is 0 Å². The van der Waals surface area contributed by atoms with Crippen LogP contribution in [0.4, 0.5) is 13.2 Å². The molecule has 84 valence electrons. The zero-order valence-electron chi connectivity index (χ0n) is 8.08. The molecule has 1 fully saturated rings. The highest BCUT2D eigenvalue weighted by atomic mass is 19.4. The maximum Gasteiger partial charge on any atom is 0.420 e. The Kier molecular flexibility index (Phi) is 2.46. The molecule has 0 N–H and O–H groups in total. The Hall–Kier alpha value is -1.77. The average molecular weight is 228 g/mol. The number of nitriles is 1. The summed E-state index contributed by atoms with van der Waals surface area (Å²) in [4.78, 5) is 3.57. The number of ether oxygens (including phenoxy) is 1. The van der Waals surface area contributed by atoms with Gasteiger partial charge in [0.05, 0.1) is 12.3 Å². The zero-order valence-corrected chi connectivity index (χ0v) is 8.08. The summed E-state index contributed by atoms with van der Waals surface area (Å²) in [6.07, 6.45) is -2.19. The van der Waals surface area contributed by atoms with E-state index in [-0.39, 0.29) is 17.5 Å². The summed E-state index contributed by atoms with van der Waals surface area (Å²) in [5.74, 6) is -0.297. The Labute approximate surface area is 89.5 Å². The highest BCUT2D eigenvalue weighted by Gasteiger charge is 2.37. The molecule has 0 aliphatic heterocycles. The van der Waals surface area contributed by atoms with Crippen molar-refractivity contribution in [2.45, 2.75) is 25.1 Å². The van der Waals surface area contributed by atoms with Gasteiger partial charge in [0.15, 0.2) is 0 Å².